The Bertz CT molecular complexity index is 682. The van der Waals surface area contributed by atoms with Crippen molar-refractivity contribution in [2.24, 2.45) is 0 Å². The van der Waals surface area contributed by atoms with Crippen LogP contribution in [-0.2, 0) is 6.42 Å². The maximum absolute atomic E-state index is 11.3. The van der Waals surface area contributed by atoms with E-state index >= 15 is 0 Å². The largest absolute Gasteiger partial charge is 0.502 e. The minimum Gasteiger partial charge on any atom is -0.502 e. The van der Waals surface area contributed by atoms with Gasteiger partial charge in [-0.1, -0.05) is 0 Å². The van der Waals surface area contributed by atoms with Gasteiger partial charge in [-0.15, -0.1) is 0 Å². The predicted octanol–water partition coefficient (Wildman–Crippen LogP) is 2.60. The molecule has 1 aromatic heterocycles. The van der Waals surface area contributed by atoms with Crippen molar-refractivity contribution in [2.75, 3.05) is 0 Å². The molecule has 0 unspecified atom stereocenters. The molecule has 0 atom stereocenters. The second-order valence-electron chi connectivity index (χ2n) is 5.28. The van der Waals surface area contributed by atoms with Crippen LogP contribution in [0.2, 0.25) is 0 Å². The Balaban J connectivity index is 2.22. The van der Waals surface area contributed by atoms with Gasteiger partial charge in [-0.2, -0.15) is 0 Å². The topological polar surface area (TPSA) is 59.7 Å². The van der Waals surface area contributed by atoms with Crippen LogP contribution < -0.4 is 10.4 Å². The molecule has 2 aromatic rings. The summed E-state index contributed by atoms with van der Waals surface area (Å²) < 4.78 is 10.9. The number of rotatable bonds is 0. The Morgan fingerprint density at radius 2 is 2.06 bits per heavy atom. The van der Waals surface area contributed by atoms with E-state index in [1.54, 1.807) is 6.07 Å². The van der Waals surface area contributed by atoms with Gasteiger partial charge in [0, 0.05) is 11.5 Å². The minimum absolute atomic E-state index is 0.197. The molecule has 0 saturated carbocycles. The summed E-state index contributed by atoms with van der Waals surface area (Å²) in [4.78, 5) is 11.3. The molecule has 1 N–H and O–H groups in total. The first-order valence-corrected chi connectivity index (χ1v) is 5.93. The second-order valence-corrected chi connectivity index (χ2v) is 5.28. The molecule has 0 amide bonds. The van der Waals surface area contributed by atoms with Crippen molar-refractivity contribution in [1.82, 2.24) is 0 Å². The fraction of sp³-hybridized carbons (Fsp3) is 0.357. The van der Waals surface area contributed by atoms with Gasteiger partial charge < -0.3 is 14.3 Å². The van der Waals surface area contributed by atoms with E-state index in [9.17, 15) is 9.90 Å². The van der Waals surface area contributed by atoms with Gasteiger partial charge in [0.25, 0.3) is 0 Å². The quantitative estimate of drug-likeness (QED) is 0.726. The Kier molecular flexibility index (Phi) is 2.17. The zero-order valence-corrected chi connectivity index (χ0v) is 10.3. The van der Waals surface area contributed by atoms with Crippen LogP contribution in [0, 0.1) is 0 Å². The van der Waals surface area contributed by atoms with Gasteiger partial charge in [-0.3, -0.25) is 0 Å². The van der Waals surface area contributed by atoms with Crippen LogP contribution in [0.25, 0.3) is 11.0 Å². The highest BCUT2D eigenvalue weighted by Crippen LogP contribution is 2.35. The van der Waals surface area contributed by atoms with Crippen LogP contribution in [0.15, 0.2) is 27.4 Å². The lowest BCUT2D eigenvalue weighted by molar-refractivity contribution is 0.0848. The number of aryl methyl sites for hydroxylation is 1. The lowest BCUT2D eigenvalue weighted by Gasteiger charge is -2.32. The first kappa shape index (κ1) is 11.1. The van der Waals surface area contributed by atoms with Crippen LogP contribution in [0.5, 0.6) is 11.5 Å². The zero-order valence-electron chi connectivity index (χ0n) is 10.3. The summed E-state index contributed by atoms with van der Waals surface area (Å²) in [5.74, 6) is 0.395. The van der Waals surface area contributed by atoms with Gasteiger partial charge in [0.05, 0.1) is 0 Å². The number of aromatic hydroxyl groups is 1. The standard InChI is InChI=1S/C14H14O4/c1-14(2)4-3-8-5-9-6-10(15)13(16)17-11(9)7-12(8)18-14/h5-7,15H,3-4H2,1-2H3. The minimum atomic E-state index is -0.725. The monoisotopic (exact) mass is 246 g/mol. The molecule has 2 heterocycles. The van der Waals surface area contributed by atoms with Crippen molar-refractivity contribution < 1.29 is 14.3 Å². The molecular weight excluding hydrogens is 232 g/mol. The predicted molar refractivity (Wildman–Crippen MR) is 67.2 cm³/mol. The summed E-state index contributed by atoms with van der Waals surface area (Å²) >= 11 is 0. The van der Waals surface area contributed by atoms with Crippen LogP contribution in [0.4, 0.5) is 0 Å². The van der Waals surface area contributed by atoms with Crippen LogP contribution in [-0.4, -0.2) is 10.7 Å². The maximum atomic E-state index is 11.3. The Morgan fingerprint density at radius 3 is 2.83 bits per heavy atom. The summed E-state index contributed by atoms with van der Waals surface area (Å²) in [6.07, 6.45) is 1.85. The fourth-order valence-corrected chi connectivity index (χ4v) is 2.26. The van der Waals surface area contributed by atoms with Crippen molar-refractivity contribution in [3.8, 4) is 11.5 Å². The highest BCUT2D eigenvalue weighted by atomic mass is 16.5. The fourth-order valence-electron chi connectivity index (χ4n) is 2.26. The molecule has 94 valence electrons. The van der Waals surface area contributed by atoms with E-state index in [1.165, 1.54) is 6.07 Å². The molecule has 18 heavy (non-hydrogen) atoms. The summed E-state index contributed by atoms with van der Waals surface area (Å²) in [7, 11) is 0. The van der Waals surface area contributed by atoms with Crippen molar-refractivity contribution >= 4 is 11.0 Å². The highest BCUT2D eigenvalue weighted by Gasteiger charge is 2.27. The van der Waals surface area contributed by atoms with Crippen molar-refractivity contribution in [1.29, 1.82) is 0 Å². The van der Waals surface area contributed by atoms with E-state index in [1.807, 2.05) is 19.9 Å². The number of fused-ring (bicyclic) bond motifs is 2. The summed E-state index contributed by atoms with van der Waals surface area (Å²) in [6.45, 7) is 4.07. The zero-order chi connectivity index (χ0) is 12.9. The van der Waals surface area contributed by atoms with E-state index in [4.69, 9.17) is 9.15 Å². The van der Waals surface area contributed by atoms with Gasteiger partial charge in [0.2, 0.25) is 5.75 Å². The molecule has 0 spiro atoms. The molecule has 1 aliphatic heterocycles. The molecule has 0 saturated heterocycles. The van der Waals surface area contributed by atoms with Crippen LogP contribution >= 0.6 is 0 Å². The SMILES string of the molecule is CC1(C)CCc2cc3cc(O)c(=O)oc3cc2O1. The summed E-state index contributed by atoms with van der Waals surface area (Å²) in [5.41, 5.74) is 0.597. The molecule has 0 bridgehead atoms. The van der Waals surface area contributed by atoms with Gasteiger partial charge in [0.1, 0.15) is 16.9 Å². The third-order valence-corrected chi connectivity index (χ3v) is 3.28. The Morgan fingerprint density at radius 1 is 1.28 bits per heavy atom. The van der Waals surface area contributed by atoms with E-state index in [0.29, 0.717) is 11.0 Å². The van der Waals surface area contributed by atoms with Gasteiger partial charge in [-0.05, 0) is 44.4 Å². The number of hydrogen-bond acceptors (Lipinski definition) is 4. The van der Waals surface area contributed by atoms with Crippen molar-refractivity contribution in [3.05, 3.63) is 34.2 Å². The van der Waals surface area contributed by atoms with Gasteiger partial charge in [0.15, 0.2) is 0 Å². The third-order valence-electron chi connectivity index (χ3n) is 3.28. The molecule has 0 fully saturated rings. The summed E-state index contributed by atoms with van der Waals surface area (Å²) in [5, 5.41) is 10.1. The molecule has 1 aliphatic rings. The third kappa shape index (κ3) is 1.74. The normalized spacial score (nSPS) is 17.2. The van der Waals surface area contributed by atoms with Crippen molar-refractivity contribution in [2.45, 2.75) is 32.3 Å². The van der Waals surface area contributed by atoms with E-state index < -0.39 is 5.63 Å². The molecule has 3 rings (SSSR count). The molecule has 4 heteroatoms. The molecule has 4 nitrogen and oxygen atoms in total. The second kappa shape index (κ2) is 3.51. The van der Waals surface area contributed by atoms with Gasteiger partial charge >= 0.3 is 5.63 Å². The summed E-state index contributed by atoms with van der Waals surface area (Å²) in [6, 6.07) is 5.07. The van der Waals surface area contributed by atoms with Crippen LogP contribution in [0.3, 0.4) is 0 Å². The number of hydrogen-bond donors (Lipinski definition) is 1. The highest BCUT2D eigenvalue weighted by molar-refractivity contribution is 5.80. The average molecular weight is 246 g/mol. The van der Waals surface area contributed by atoms with E-state index in [0.717, 1.165) is 24.2 Å². The molecule has 0 aliphatic carbocycles. The average Bonchev–Trinajstić information content (AvgIpc) is 2.28. The first-order valence-electron chi connectivity index (χ1n) is 5.93. The van der Waals surface area contributed by atoms with Crippen LogP contribution in [0.1, 0.15) is 25.8 Å². The molecular formula is C14H14O4. The van der Waals surface area contributed by atoms with E-state index in [2.05, 4.69) is 0 Å². The molecule has 0 radical (unpaired) electrons. The number of ether oxygens (including phenoxy) is 1. The number of benzene rings is 1. The molecule has 1 aromatic carbocycles. The first-order chi connectivity index (χ1) is 8.44. The van der Waals surface area contributed by atoms with Crippen molar-refractivity contribution in [3.63, 3.8) is 0 Å². The van der Waals surface area contributed by atoms with Gasteiger partial charge in [-0.25, -0.2) is 4.79 Å². The lowest BCUT2D eigenvalue weighted by atomic mass is 9.93. The smallest absolute Gasteiger partial charge is 0.378 e. The maximum Gasteiger partial charge on any atom is 0.378 e. The van der Waals surface area contributed by atoms with E-state index in [-0.39, 0.29) is 11.4 Å². The lowest BCUT2D eigenvalue weighted by Crippen LogP contribution is -2.32. The Labute approximate surface area is 104 Å². The Hall–Kier alpha value is -1.97.